The highest BCUT2D eigenvalue weighted by molar-refractivity contribution is 7.13. The van der Waals surface area contributed by atoms with Gasteiger partial charge >= 0.3 is 0 Å². The predicted molar refractivity (Wildman–Crippen MR) is 82.3 cm³/mol. The van der Waals surface area contributed by atoms with Gasteiger partial charge in [-0.05, 0) is 17.4 Å². The van der Waals surface area contributed by atoms with E-state index in [4.69, 9.17) is 9.26 Å². The molecule has 2 aromatic rings. The molecule has 2 rings (SSSR count). The fraction of sp³-hybridized carbons (Fsp3) is 0.333. The van der Waals surface area contributed by atoms with Crippen LogP contribution in [0.4, 0.5) is 0 Å². The van der Waals surface area contributed by atoms with E-state index < -0.39 is 0 Å². The molecular formula is C15H18N2O3S. The van der Waals surface area contributed by atoms with Crippen LogP contribution < -0.4 is 5.32 Å². The van der Waals surface area contributed by atoms with Gasteiger partial charge in [-0.25, -0.2) is 0 Å². The Morgan fingerprint density at radius 1 is 1.62 bits per heavy atom. The molecule has 2 heterocycles. The average molecular weight is 306 g/mol. The van der Waals surface area contributed by atoms with E-state index in [0.717, 1.165) is 4.88 Å². The van der Waals surface area contributed by atoms with Gasteiger partial charge in [-0.1, -0.05) is 30.3 Å². The van der Waals surface area contributed by atoms with Crippen molar-refractivity contribution in [3.05, 3.63) is 41.4 Å². The van der Waals surface area contributed by atoms with Crippen molar-refractivity contribution < 1.29 is 14.1 Å². The van der Waals surface area contributed by atoms with Crippen LogP contribution in [0, 0.1) is 5.92 Å². The third-order valence-corrected chi connectivity index (χ3v) is 3.67. The average Bonchev–Trinajstić information content (AvgIpc) is 3.13. The van der Waals surface area contributed by atoms with Gasteiger partial charge in [-0.3, -0.25) is 4.79 Å². The topological polar surface area (TPSA) is 64.4 Å². The first-order valence-electron chi connectivity index (χ1n) is 6.65. The molecule has 1 atom stereocenters. The van der Waals surface area contributed by atoms with Crippen LogP contribution in [0.15, 0.2) is 40.3 Å². The van der Waals surface area contributed by atoms with Gasteiger partial charge in [0.05, 0.1) is 11.5 Å². The van der Waals surface area contributed by atoms with Crippen LogP contribution in [0.25, 0.3) is 10.6 Å². The van der Waals surface area contributed by atoms with Gasteiger partial charge in [0.15, 0.2) is 11.5 Å². The molecule has 21 heavy (non-hydrogen) atoms. The number of nitrogens with one attached hydrogen (secondary N) is 1. The number of methoxy groups -OCH3 is 1. The molecule has 0 saturated heterocycles. The first-order chi connectivity index (χ1) is 10.2. The lowest BCUT2D eigenvalue weighted by Gasteiger charge is -2.03. The van der Waals surface area contributed by atoms with E-state index in [-0.39, 0.29) is 11.6 Å². The van der Waals surface area contributed by atoms with E-state index in [1.807, 2.05) is 36.6 Å². The maximum Gasteiger partial charge on any atom is 0.273 e. The Morgan fingerprint density at radius 2 is 2.48 bits per heavy atom. The molecule has 0 fully saturated rings. The van der Waals surface area contributed by atoms with Gasteiger partial charge in [-0.15, -0.1) is 11.3 Å². The summed E-state index contributed by atoms with van der Waals surface area (Å²) < 4.78 is 10.2. The predicted octanol–water partition coefficient (Wildman–Crippen LogP) is 2.97. The standard InChI is InChI=1S/C15H18N2O3S/c1-11(10-19-2)5-3-7-16-15(18)12-9-13(20-17-12)14-6-4-8-21-14/h3-6,8-9,11H,7,10H2,1-2H3,(H,16,18)/b5-3+. The van der Waals surface area contributed by atoms with Crippen LogP contribution in [0.3, 0.4) is 0 Å². The molecule has 0 bridgehead atoms. The second-order valence-corrected chi connectivity index (χ2v) is 5.57. The van der Waals surface area contributed by atoms with Crippen molar-refractivity contribution in [2.45, 2.75) is 6.92 Å². The number of hydrogen-bond acceptors (Lipinski definition) is 5. The summed E-state index contributed by atoms with van der Waals surface area (Å²) in [6.07, 6.45) is 3.91. The molecule has 0 radical (unpaired) electrons. The molecule has 5 nitrogen and oxygen atoms in total. The smallest absolute Gasteiger partial charge is 0.273 e. The van der Waals surface area contributed by atoms with Gasteiger partial charge in [-0.2, -0.15) is 0 Å². The fourth-order valence-electron chi connectivity index (χ4n) is 1.78. The van der Waals surface area contributed by atoms with Gasteiger partial charge < -0.3 is 14.6 Å². The molecule has 0 aliphatic carbocycles. The second kappa shape index (κ2) is 7.75. The minimum Gasteiger partial charge on any atom is -0.384 e. The number of thiophene rings is 1. The number of hydrogen-bond donors (Lipinski definition) is 1. The zero-order chi connectivity index (χ0) is 15.1. The molecule has 1 amide bonds. The summed E-state index contributed by atoms with van der Waals surface area (Å²) in [7, 11) is 1.67. The fourth-order valence-corrected chi connectivity index (χ4v) is 2.45. The summed E-state index contributed by atoms with van der Waals surface area (Å²) in [6, 6.07) is 5.50. The summed E-state index contributed by atoms with van der Waals surface area (Å²) >= 11 is 1.54. The largest absolute Gasteiger partial charge is 0.384 e. The van der Waals surface area contributed by atoms with Crippen molar-refractivity contribution in [1.82, 2.24) is 10.5 Å². The molecule has 1 N–H and O–H groups in total. The summed E-state index contributed by atoms with van der Waals surface area (Å²) in [6.45, 7) is 3.17. The molecule has 2 aromatic heterocycles. The zero-order valence-electron chi connectivity index (χ0n) is 12.0. The normalized spacial score (nSPS) is 12.7. The minimum atomic E-state index is -0.245. The second-order valence-electron chi connectivity index (χ2n) is 4.62. The van der Waals surface area contributed by atoms with Gasteiger partial charge in [0.1, 0.15) is 0 Å². The van der Waals surface area contributed by atoms with E-state index in [1.54, 1.807) is 24.5 Å². The van der Waals surface area contributed by atoms with E-state index in [0.29, 0.717) is 24.8 Å². The van der Waals surface area contributed by atoms with Crippen LogP contribution in [0.1, 0.15) is 17.4 Å². The molecule has 0 saturated carbocycles. The molecule has 1 unspecified atom stereocenters. The number of aromatic nitrogens is 1. The summed E-state index contributed by atoms with van der Waals surface area (Å²) in [4.78, 5) is 12.9. The molecule has 0 aromatic carbocycles. The third-order valence-electron chi connectivity index (χ3n) is 2.78. The molecule has 0 aliphatic rings. The lowest BCUT2D eigenvalue weighted by Crippen LogP contribution is -2.23. The highest BCUT2D eigenvalue weighted by Crippen LogP contribution is 2.24. The number of ether oxygens (including phenoxy) is 1. The monoisotopic (exact) mass is 306 g/mol. The quantitative estimate of drug-likeness (QED) is 0.799. The van der Waals surface area contributed by atoms with E-state index in [9.17, 15) is 4.79 Å². The molecule has 112 valence electrons. The van der Waals surface area contributed by atoms with E-state index in [2.05, 4.69) is 10.5 Å². The Kier molecular flexibility index (Phi) is 5.71. The van der Waals surface area contributed by atoms with Gasteiger partial charge in [0, 0.05) is 19.7 Å². The number of rotatable bonds is 7. The van der Waals surface area contributed by atoms with E-state index >= 15 is 0 Å². The van der Waals surface area contributed by atoms with Crippen molar-refractivity contribution >= 4 is 17.2 Å². The first-order valence-corrected chi connectivity index (χ1v) is 7.53. The van der Waals surface area contributed by atoms with E-state index in [1.165, 1.54) is 0 Å². The molecule has 6 heteroatoms. The summed E-state index contributed by atoms with van der Waals surface area (Å²) in [5, 5.41) is 8.51. The highest BCUT2D eigenvalue weighted by Gasteiger charge is 2.13. The number of nitrogens with zero attached hydrogens (tertiary/aromatic N) is 1. The Labute approximate surface area is 127 Å². The molecule has 0 aliphatic heterocycles. The van der Waals surface area contributed by atoms with Crippen molar-refractivity contribution in [1.29, 1.82) is 0 Å². The van der Waals surface area contributed by atoms with Crippen LogP contribution in [0.5, 0.6) is 0 Å². The highest BCUT2D eigenvalue weighted by atomic mass is 32.1. The summed E-state index contributed by atoms with van der Waals surface area (Å²) in [5.74, 6) is 0.689. The Balaban J connectivity index is 1.84. The number of carbonyl (C=O) groups is 1. The summed E-state index contributed by atoms with van der Waals surface area (Å²) in [5.41, 5.74) is 0.289. The Hall–Kier alpha value is -1.92. The van der Waals surface area contributed by atoms with Gasteiger partial charge in [0.25, 0.3) is 5.91 Å². The first kappa shape index (κ1) is 15.5. The van der Waals surface area contributed by atoms with Crippen LogP contribution in [0.2, 0.25) is 0 Å². The number of amides is 1. The van der Waals surface area contributed by atoms with Crippen LogP contribution >= 0.6 is 11.3 Å². The Morgan fingerprint density at radius 3 is 3.19 bits per heavy atom. The lowest BCUT2D eigenvalue weighted by atomic mass is 10.2. The van der Waals surface area contributed by atoms with Crippen molar-refractivity contribution in [2.24, 2.45) is 5.92 Å². The molecular weight excluding hydrogens is 288 g/mol. The van der Waals surface area contributed by atoms with Crippen molar-refractivity contribution in [3.63, 3.8) is 0 Å². The van der Waals surface area contributed by atoms with Crippen LogP contribution in [-0.4, -0.2) is 31.3 Å². The minimum absolute atomic E-state index is 0.245. The molecule has 0 spiro atoms. The van der Waals surface area contributed by atoms with Crippen molar-refractivity contribution in [2.75, 3.05) is 20.3 Å². The SMILES string of the molecule is COCC(C)/C=C/CNC(=O)c1cc(-c2cccs2)on1. The Bertz CT molecular complexity index is 590. The maximum atomic E-state index is 11.9. The zero-order valence-corrected chi connectivity index (χ0v) is 12.9. The van der Waals surface area contributed by atoms with Gasteiger partial charge in [0.2, 0.25) is 0 Å². The maximum absolute atomic E-state index is 11.9. The van der Waals surface area contributed by atoms with Crippen molar-refractivity contribution in [3.8, 4) is 10.6 Å². The lowest BCUT2D eigenvalue weighted by molar-refractivity contribution is 0.0949. The third kappa shape index (κ3) is 4.54. The number of carbonyl (C=O) groups excluding carboxylic acids is 1. The van der Waals surface area contributed by atoms with Crippen LogP contribution in [-0.2, 0) is 4.74 Å².